The molecule has 78 valence electrons. The molecule has 2 rings (SSSR count). The molecule has 0 amide bonds. The van der Waals surface area contributed by atoms with Crippen LogP contribution < -0.4 is 15.2 Å². The predicted octanol–water partition coefficient (Wildman–Crippen LogP) is 1.38. The number of para-hydroxylation sites is 1. The number of hydrogen-bond donors (Lipinski definition) is 1. The van der Waals surface area contributed by atoms with Crippen LogP contribution >= 0.6 is 12.4 Å². The third-order valence-electron chi connectivity index (χ3n) is 2.06. The minimum atomic E-state index is 0. The van der Waals surface area contributed by atoms with Crippen LogP contribution in [-0.2, 0) is 6.42 Å². The van der Waals surface area contributed by atoms with Crippen LogP contribution in [0.25, 0.3) is 0 Å². The fourth-order valence-corrected chi connectivity index (χ4v) is 1.49. The van der Waals surface area contributed by atoms with E-state index in [2.05, 4.69) is 0 Å². The van der Waals surface area contributed by atoms with Gasteiger partial charge in [0.15, 0.2) is 11.5 Å². The molecule has 1 aromatic carbocycles. The molecule has 0 atom stereocenters. The zero-order chi connectivity index (χ0) is 9.10. The SMILES string of the molecule is Cl.NCCc1cccc2c1OCCO2. The average Bonchev–Trinajstić information content (AvgIpc) is 2.19. The minimum absolute atomic E-state index is 0. The molecule has 0 saturated carbocycles. The lowest BCUT2D eigenvalue weighted by Crippen LogP contribution is -2.17. The van der Waals surface area contributed by atoms with Crippen molar-refractivity contribution in [1.29, 1.82) is 0 Å². The number of fused-ring (bicyclic) bond motifs is 1. The Hall–Kier alpha value is -0.930. The van der Waals surface area contributed by atoms with E-state index in [-0.39, 0.29) is 12.4 Å². The van der Waals surface area contributed by atoms with Crippen molar-refractivity contribution >= 4 is 12.4 Å². The van der Waals surface area contributed by atoms with Crippen molar-refractivity contribution in [1.82, 2.24) is 0 Å². The van der Waals surface area contributed by atoms with Gasteiger partial charge in [0.1, 0.15) is 13.2 Å². The molecule has 0 radical (unpaired) electrons. The van der Waals surface area contributed by atoms with E-state index in [4.69, 9.17) is 15.2 Å². The molecule has 14 heavy (non-hydrogen) atoms. The molecule has 1 heterocycles. The molecular weight excluding hydrogens is 202 g/mol. The summed E-state index contributed by atoms with van der Waals surface area (Å²) in [4.78, 5) is 0. The third-order valence-corrected chi connectivity index (χ3v) is 2.06. The second-order valence-corrected chi connectivity index (χ2v) is 2.98. The summed E-state index contributed by atoms with van der Waals surface area (Å²) in [5.41, 5.74) is 6.64. The van der Waals surface area contributed by atoms with Crippen LogP contribution in [0.5, 0.6) is 11.5 Å². The zero-order valence-corrected chi connectivity index (χ0v) is 8.68. The van der Waals surface area contributed by atoms with E-state index in [9.17, 15) is 0 Å². The minimum Gasteiger partial charge on any atom is -0.486 e. The van der Waals surface area contributed by atoms with Crippen LogP contribution in [0.2, 0.25) is 0 Å². The highest BCUT2D eigenvalue weighted by atomic mass is 35.5. The maximum Gasteiger partial charge on any atom is 0.164 e. The second kappa shape index (κ2) is 5.08. The highest BCUT2D eigenvalue weighted by Gasteiger charge is 2.14. The first-order chi connectivity index (χ1) is 6.42. The molecule has 1 aliphatic rings. The van der Waals surface area contributed by atoms with Crippen molar-refractivity contribution in [3.05, 3.63) is 23.8 Å². The van der Waals surface area contributed by atoms with Gasteiger partial charge in [0.2, 0.25) is 0 Å². The van der Waals surface area contributed by atoms with Crippen LogP contribution in [0.3, 0.4) is 0 Å². The number of ether oxygens (including phenoxy) is 2. The quantitative estimate of drug-likeness (QED) is 0.811. The number of benzene rings is 1. The Morgan fingerprint density at radius 2 is 2.00 bits per heavy atom. The molecule has 0 aliphatic carbocycles. The molecule has 0 saturated heterocycles. The smallest absolute Gasteiger partial charge is 0.164 e. The van der Waals surface area contributed by atoms with E-state index in [0.717, 1.165) is 23.5 Å². The van der Waals surface area contributed by atoms with Crippen molar-refractivity contribution in [3.63, 3.8) is 0 Å². The Morgan fingerprint density at radius 3 is 2.79 bits per heavy atom. The van der Waals surface area contributed by atoms with E-state index in [1.54, 1.807) is 0 Å². The Bertz CT molecular complexity index is 304. The molecular formula is C10H14ClNO2. The normalized spacial score (nSPS) is 13.2. The number of hydrogen-bond acceptors (Lipinski definition) is 3. The van der Waals surface area contributed by atoms with Crippen molar-refractivity contribution in [2.75, 3.05) is 19.8 Å². The summed E-state index contributed by atoms with van der Waals surface area (Å²) in [6.45, 7) is 1.91. The predicted molar refractivity (Wildman–Crippen MR) is 57.4 cm³/mol. The van der Waals surface area contributed by atoms with Gasteiger partial charge in [-0.05, 0) is 24.6 Å². The van der Waals surface area contributed by atoms with Crippen molar-refractivity contribution in [2.45, 2.75) is 6.42 Å². The van der Waals surface area contributed by atoms with Gasteiger partial charge in [0.25, 0.3) is 0 Å². The summed E-state index contributed by atoms with van der Waals surface area (Å²) in [5.74, 6) is 1.72. The van der Waals surface area contributed by atoms with E-state index < -0.39 is 0 Å². The number of rotatable bonds is 2. The number of halogens is 1. The molecule has 0 spiro atoms. The fraction of sp³-hybridized carbons (Fsp3) is 0.400. The van der Waals surface area contributed by atoms with Crippen LogP contribution in [0.1, 0.15) is 5.56 Å². The third kappa shape index (κ3) is 2.11. The first kappa shape index (κ1) is 11.1. The highest BCUT2D eigenvalue weighted by molar-refractivity contribution is 5.85. The Kier molecular flexibility index (Phi) is 4.04. The van der Waals surface area contributed by atoms with E-state index in [0.29, 0.717) is 19.8 Å². The summed E-state index contributed by atoms with van der Waals surface area (Å²) in [6, 6.07) is 5.92. The summed E-state index contributed by atoms with van der Waals surface area (Å²) in [7, 11) is 0. The average molecular weight is 216 g/mol. The summed E-state index contributed by atoms with van der Waals surface area (Å²) in [6.07, 6.45) is 0.840. The summed E-state index contributed by atoms with van der Waals surface area (Å²) < 4.78 is 11.0. The van der Waals surface area contributed by atoms with Crippen molar-refractivity contribution in [3.8, 4) is 11.5 Å². The van der Waals surface area contributed by atoms with Crippen molar-refractivity contribution < 1.29 is 9.47 Å². The van der Waals surface area contributed by atoms with Crippen LogP contribution in [0, 0.1) is 0 Å². The van der Waals surface area contributed by atoms with Crippen LogP contribution in [0.15, 0.2) is 18.2 Å². The molecule has 0 unspecified atom stereocenters. The van der Waals surface area contributed by atoms with Gasteiger partial charge in [-0.25, -0.2) is 0 Å². The summed E-state index contributed by atoms with van der Waals surface area (Å²) in [5, 5.41) is 0. The van der Waals surface area contributed by atoms with Gasteiger partial charge in [0, 0.05) is 0 Å². The lowest BCUT2D eigenvalue weighted by molar-refractivity contribution is 0.170. The molecule has 0 fully saturated rings. The molecule has 0 bridgehead atoms. The summed E-state index contributed by atoms with van der Waals surface area (Å²) >= 11 is 0. The fourth-order valence-electron chi connectivity index (χ4n) is 1.49. The standard InChI is InChI=1S/C10H13NO2.ClH/c11-5-4-8-2-1-3-9-10(8)13-7-6-12-9;/h1-3H,4-7,11H2;1H. The zero-order valence-electron chi connectivity index (χ0n) is 7.86. The van der Waals surface area contributed by atoms with E-state index in [1.807, 2.05) is 18.2 Å². The molecule has 0 aromatic heterocycles. The van der Waals surface area contributed by atoms with Gasteiger partial charge in [0.05, 0.1) is 0 Å². The molecule has 1 aromatic rings. The molecule has 1 aliphatic heterocycles. The van der Waals surface area contributed by atoms with Gasteiger partial charge in [-0.3, -0.25) is 0 Å². The monoisotopic (exact) mass is 215 g/mol. The van der Waals surface area contributed by atoms with Gasteiger partial charge >= 0.3 is 0 Å². The number of nitrogens with two attached hydrogens (primary N) is 1. The molecule has 4 heteroatoms. The largest absolute Gasteiger partial charge is 0.486 e. The van der Waals surface area contributed by atoms with E-state index in [1.165, 1.54) is 0 Å². The van der Waals surface area contributed by atoms with Gasteiger partial charge in [-0.2, -0.15) is 0 Å². The Morgan fingerprint density at radius 1 is 1.21 bits per heavy atom. The van der Waals surface area contributed by atoms with Crippen LogP contribution in [0.4, 0.5) is 0 Å². The lowest BCUT2D eigenvalue weighted by Gasteiger charge is -2.20. The van der Waals surface area contributed by atoms with E-state index >= 15 is 0 Å². The molecule has 3 nitrogen and oxygen atoms in total. The van der Waals surface area contributed by atoms with Gasteiger partial charge in [-0.1, -0.05) is 12.1 Å². The topological polar surface area (TPSA) is 44.5 Å². The maximum atomic E-state index is 5.53. The second-order valence-electron chi connectivity index (χ2n) is 2.98. The van der Waals surface area contributed by atoms with Gasteiger partial charge in [-0.15, -0.1) is 12.4 Å². The first-order valence-electron chi connectivity index (χ1n) is 4.49. The first-order valence-corrected chi connectivity index (χ1v) is 4.49. The maximum absolute atomic E-state index is 5.53. The van der Waals surface area contributed by atoms with Gasteiger partial charge < -0.3 is 15.2 Å². The van der Waals surface area contributed by atoms with Crippen LogP contribution in [-0.4, -0.2) is 19.8 Å². The highest BCUT2D eigenvalue weighted by Crippen LogP contribution is 2.33. The lowest BCUT2D eigenvalue weighted by atomic mass is 10.1. The Labute approximate surface area is 89.6 Å². The molecule has 2 N–H and O–H groups in total. The Balaban J connectivity index is 0.000000980. The van der Waals surface area contributed by atoms with Crippen molar-refractivity contribution in [2.24, 2.45) is 5.73 Å².